The van der Waals surface area contributed by atoms with Crippen molar-refractivity contribution in [1.82, 2.24) is 0 Å². The number of ether oxygens (including phenoxy) is 3. The zero-order chi connectivity index (χ0) is 18.1. The van der Waals surface area contributed by atoms with Gasteiger partial charge in [-0.15, -0.1) is 0 Å². The van der Waals surface area contributed by atoms with Crippen LogP contribution in [0.1, 0.15) is 36.5 Å². The molecule has 4 heteroatoms. The standard InChI is InChI=1S/C21H24O4/c1-12-8-15-10-19(24-4)20(25-5)11-16(15)21(13(12)2)14-6-7-17(22)18(9-14)23-3/h6-11,13,21-22H,1-5H3/t13-,21-/m1/s1. The lowest BCUT2D eigenvalue weighted by Gasteiger charge is -2.32. The summed E-state index contributed by atoms with van der Waals surface area (Å²) in [6, 6.07) is 9.63. The monoisotopic (exact) mass is 340 g/mol. The van der Waals surface area contributed by atoms with Crippen LogP contribution in [-0.2, 0) is 0 Å². The highest BCUT2D eigenvalue weighted by Gasteiger charge is 2.30. The fraction of sp³-hybridized carbons (Fsp3) is 0.333. The van der Waals surface area contributed by atoms with E-state index < -0.39 is 0 Å². The van der Waals surface area contributed by atoms with Gasteiger partial charge in [0.15, 0.2) is 23.0 Å². The average Bonchev–Trinajstić information content (AvgIpc) is 2.62. The van der Waals surface area contributed by atoms with Gasteiger partial charge in [0, 0.05) is 5.92 Å². The molecule has 0 fully saturated rings. The smallest absolute Gasteiger partial charge is 0.161 e. The molecule has 0 unspecified atom stereocenters. The summed E-state index contributed by atoms with van der Waals surface area (Å²) in [7, 11) is 4.86. The molecule has 3 rings (SSSR count). The van der Waals surface area contributed by atoms with Crippen molar-refractivity contribution < 1.29 is 19.3 Å². The van der Waals surface area contributed by atoms with Crippen LogP contribution in [0.15, 0.2) is 35.9 Å². The summed E-state index contributed by atoms with van der Waals surface area (Å²) < 4.78 is 16.3. The molecular formula is C21H24O4. The molecule has 0 radical (unpaired) electrons. The molecule has 132 valence electrons. The van der Waals surface area contributed by atoms with E-state index in [-0.39, 0.29) is 11.7 Å². The van der Waals surface area contributed by atoms with E-state index in [4.69, 9.17) is 14.2 Å². The first kappa shape index (κ1) is 17.2. The lowest BCUT2D eigenvalue weighted by atomic mass is 9.72. The summed E-state index contributed by atoms with van der Waals surface area (Å²) in [5.74, 6) is 2.54. The van der Waals surface area contributed by atoms with Crippen LogP contribution in [0.5, 0.6) is 23.0 Å². The molecule has 2 aromatic rings. The predicted octanol–water partition coefficient (Wildman–Crippen LogP) is 4.60. The van der Waals surface area contributed by atoms with Gasteiger partial charge < -0.3 is 19.3 Å². The number of benzene rings is 2. The van der Waals surface area contributed by atoms with E-state index in [0.29, 0.717) is 11.7 Å². The fourth-order valence-electron chi connectivity index (χ4n) is 3.57. The van der Waals surface area contributed by atoms with E-state index in [2.05, 4.69) is 26.0 Å². The second-order valence-electron chi connectivity index (χ2n) is 6.42. The third kappa shape index (κ3) is 2.93. The van der Waals surface area contributed by atoms with Gasteiger partial charge >= 0.3 is 0 Å². The summed E-state index contributed by atoms with van der Waals surface area (Å²) >= 11 is 0. The number of rotatable bonds is 4. The van der Waals surface area contributed by atoms with E-state index in [1.807, 2.05) is 18.2 Å². The largest absolute Gasteiger partial charge is 0.504 e. The summed E-state index contributed by atoms with van der Waals surface area (Å²) in [5, 5.41) is 9.92. The van der Waals surface area contributed by atoms with E-state index >= 15 is 0 Å². The lowest BCUT2D eigenvalue weighted by Crippen LogP contribution is -2.18. The predicted molar refractivity (Wildman–Crippen MR) is 98.9 cm³/mol. The van der Waals surface area contributed by atoms with Gasteiger partial charge in [-0.05, 0) is 53.8 Å². The maximum Gasteiger partial charge on any atom is 0.161 e. The number of hydrogen-bond donors (Lipinski definition) is 1. The first-order valence-corrected chi connectivity index (χ1v) is 8.31. The highest BCUT2D eigenvalue weighted by Crippen LogP contribution is 2.47. The van der Waals surface area contributed by atoms with Gasteiger partial charge in [0.25, 0.3) is 0 Å². The minimum Gasteiger partial charge on any atom is -0.504 e. The molecule has 0 amide bonds. The molecule has 0 bridgehead atoms. The zero-order valence-corrected chi connectivity index (χ0v) is 15.3. The molecule has 0 aliphatic heterocycles. The van der Waals surface area contributed by atoms with Crippen molar-refractivity contribution >= 4 is 6.08 Å². The van der Waals surface area contributed by atoms with Gasteiger partial charge in [-0.3, -0.25) is 0 Å². The maximum atomic E-state index is 9.92. The topological polar surface area (TPSA) is 47.9 Å². The first-order valence-electron chi connectivity index (χ1n) is 8.31. The van der Waals surface area contributed by atoms with Crippen LogP contribution in [-0.4, -0.2) is 26.4 Å². The molecule has 4 nitrogen and oxygen atoms in total. The number of aromatic hydroxyl groups is 1. The Hall–Kier alpha value is -2.62. The van der Waals surface area contributed by atoms with Gasteiger partial charge in [-0.2, -0.15) is 0 Å². The Kier molecular flexibility index (Phi) is 4.62. The Bertz CT molecular complexity index is 823. The van der Waals surface area contributed by atoms with Crippen molar-refractivity contribution in [1.29, 1.82) is 0 Å². The third-order valence-corrected chi connectivity index (χ3v) is 5.09. The van der Waals surface area contributed by atoms with Crippen molar-refractivity contribution in [2.45, 2.75) is 19.8 Å². The minimum atomic E-state index is 0.148. The summed E-state index contributed by atoms with van der Waals surface area (Å²) in [6.07, 6.45) is 2.20. The minimum absolute atomic E-state index is 0.148. The Labute approximate surface area is 148 Å². The molecule has 1 aliphatic rings. The van der Waals surface area contributed by atoms with E-state index in [1.165, 1.54) is 11.1 Å². The second-order valence-corrected chi connectivity index (χ2v) is 6.42. The van der Waals surface area contributed by atoms with Crippen molar-refractivity contribution in [2.75, 3.05) is 21.3 Å². The van der Waals surface area contributed by atoms with Crippen LogP contribution in [0, 0.1) is 5.92 Å². The molecule has 0 saturated carbocycles. The van der Waals surface area contributed by atoms with E-state index in [0.717, 1.165) is 22.6 Å². The summed E-state index contributed by atoms with van der Waals surface area (Å²) in [5.41, 5.74) is 4.72. The molecule has 0 heterocycles. The summed E-state index contributed by atoms with van der Waals surface area (Å²) in [6.45, 7) is 4.37. The van der Waals surface area contributed by atoms with Crippen molar-refractivity contribution in [3.8, 4) is 23.0 Å². The zero-order valence-electron chi connectivity index (χ0n) is 15.3. The number of methoxy groups -OCH3 is 3. The molecule has 2 aromatic carbocycles. The normalized spacial score (nSPS) is 19.0. The number of phenols is 1. The van der Waals surface area contributed by atoms with Crippen LogP contribution in [0.25, 0.3) is 6.08 Å². The SMILES string of the molecule is COc1cc([C@@H]2c3cc(OC)c(OC)cc3C=C(C)[C@H]2C)ccc1O. The number of hydrogen-bond acceptors (Lipinski definition) is 4. The van der Waals surface area contributed by atoms with Crippen LogP contribution in [0.2, 0.25) is 0 Å². The molecule has 1 N–H and O–H groups in total. The van der Waals surface area contributed by atoms with Crippen LogP contribution in [0.3, 0.4) is 0 Å². The van der Waals surface area contributed by atoms with Gasteiger partial charge in [-0.1, -0.05) is 24.6 Å². The van der Waals surface area contributed by atoms with Gasteiger partial charge in [0.1, 0.15) is 0 Å². The van der Waals surface area contributed by atoms with Crippen LogP contribution in [0.4, 0.5) is 0 Å². The number of allylic oxidation sites excluding steroid dienone is 1. The Morgan fingerprint density at radius 1 is 0.880 bits per heavy atom. The van der Waals surface area contributed by atoms with Gasteiger partial charge in [0.05, 0.1) is 21.3 Å². The van der Waals surface area contributed by atoms with Crippen molar-refractivity contribution in [3.63, 3.8) is 0 Å². The molecule has 25 heavy (non-hydrogen) atoms. The maximum absolute atomic E-state index is 9.92. The Morgan fingerprint density at radius 2 is 1.52 bits per heavy atom. The second kappa shape index (κ2) is 6.71. The first-order chi connectivity index (χ1) is 12.0. The highest BCUT2D eigenvalue weighted by atomic mass is 16.5. The molecule has 0 spiro atoms. The fourth-order valence-corrected chi connectivity index (χ4v) is 3.57. The quantitative estimate of drug-likeness (QED) is 0.883. The van der Waals surface area contributed by atoms with Crippen molar-refractivity contribution in [2.24, 2.45) is 5.92 Å². The molecule has 1 aliphatic carbocycles. The Balaban J connectivity index is 2.20. The molecule has 0 saturated heterocycles. The number of fused-ring (bicyclic) bond motifs is 1. The summed E-state index contributed by atoms with van der Waals surface area (Å²) in [4.78, 5) is 0. The van der Waals surface area contributed by atoms with Crippen molar-refractivity contribution in [3.05, 3.63) is 52.6 Å². The van der Waals surface area contributed by atoms with Gasteiger partial charge in [-0.25, -0.2) is 0 Å². The number of phenolic OH excluding ortho intramolecular Hbond substituents is 1. The van der Waals surface area contributed by atoms with E-state index in [9.17, 15) is 5.11 Å². The van der Waals surface area contributed by atoms with Crippen LogP contribution < -0.4 is 14.2 Å². The average molecular weight is 340 g/mol. The molecular weight excluding hydrogens is 316 g/mol. The molecule has 0 aromatic heterocycles. The third-order valence-electron chi connectivity index (χ3n) is 5.09. The van der Waals surface area contributed by atoms with E-state index in [1.54, 1.807) is 27.4 Å². The van der Waals surface area contributed by atoms with Crippen LogP contribution >= 0.6 is 0 Å². The van der Waals surface area contributed by atoms with Gasteiger partial charge in [0.2, 0.25) is 0 Å². The molecule has 2 atom stereocenters. The Morgan fingerprint density at radius 3 is 2.16 bits per heavy atom. The highest BCUT2D eigenvalue weighted by molar-refractivity contribution is 5.67. The lowest BCUT2D eigenvalue weighted by molar-refractivity contribution is 0.353.